The minimum Gasteiger partial charge on any atom is -0.496 e. The summed E-state index contributed by atoms with van der Waals surface area (Å²) in [4.78, 5) is 12.5. The molecule has 1 amide bonds. The number of para-hydroxylation sites is 1. The van der Waals surface area contributed by atoms with Crippen molar-refractivity contribution in [1.82, 2.24) is 14.9 Å². The number of nitrogens with two attached hydrogens (primary N) is 1. The molecule has 0 saturated heterocycles. The van der Waals surface area contributed by atoms with Crippen LogP contribution < -0.4 is 15.9 Å². The number of carbonyl (C=O) groups excluding carboxylic acids is 1. The molecular weight excluding hydrogens is 421 g/mol. The van der Waals surface area contributed by atoms with Crippen molar-refractivity contribution in [1.29, 1.82) is 0 Å². The number of rotatable bonds is 6. The molecule has 0 saturated carbocycles. The first-order valence-electron chi connectivity index (χ1n) is 8.17. The lowest BCUT2D eigenvalue weighted by molar-refractivity contribution is -0.115. The summed E-state index contributed by atoms with van der Waals surface area (Å²) >= 11 is 13.2. The first-order chi connectivity index (χ1) is 13.4. The van der Waals surface area contributed by atoms with Gasteiger partial charge in [0.15, 0.2) is 5.82 Å². The van der Waals surface area contributed by atoms with E-state index in [2.05, 4.69) is 15.5 Å². The molecule has 0 bridgehead atoms. The lowest BCUT2D eigenvalue weighted by Gasteiger charge is -2.13. The second kappa shape index (κ2) is 8.72. The van der Waals surface area contributed by atoms with Crippen molar-refractivity contribution in [2.24, 2.45) is 0 Å². The summed E-state index contributed by atoms with van der Waals surface area (Å²) in [6.07, 6.45) is 0. The van der Waals surface area contributed by atoms with Crippen LogP contribution in [0, 0.1) is 0 Å². The molecule has 0 aliphatic rings. The van der Waals surface area contributed by atoms with Crippen LogP contribution >= 0.6 is 35.0 Å². The molecule has 1 atom stereocenters. The fourth-order valence-corrected chi connectivity index (χ4v) is 3.52. The Morgan fingerprint density at radius 1 is 1.25 bits per heavy atom. The van der Waals surface area contributed by atoms with Crippen molar-refractivity contribution >= 4 is 46.6 Å². The SMILES string of the molecule is COc1ccccc1-c1nnc(SC(C)C(=O)Nc2cc(Cl)ccc2Cl)n1N. The molecule has 2 aromatic carbocycles. The predicted molar refractivity (Wildman–Crippen MR) is 113 cm³/mol. The predicted octanol–water partition coefficient (Wildman–Crippen LogP) is 4.09. The molecule has 1 heterocycles. The molecule has 3 rings (SSSR count). The molecule has 10 heteroatoms. The van der Waals surface area contributed by atoms with Gasteiger partial charge in [-0.1, -0.05) is 47.1 Å². The molecule has 0 radical (unpaired) electrons. The van der Waals surface area contributed by atoms with E-state index in [0.717, 1.165) is 0 Å². The Hall–Kier alpha value is -2.42. The van der Waals surface area contributed by atoms with Crippen molar-refractivity contribution in [3.8, 4) is 17.1 Å². The summed E-state index contributed by atoms with van der Waals surface area (Å²) < 4.78 is 6.67. The van der Waals surface area contributed by atoms with E-state index in [1.54, 1.807) is 32.2 Å². The number of benzene rings is 2. The van der Waals surface area contributed by atoms with Crippen molar-refractivity contribution < 1.29 is 9.53 Å². The van der Waals surface area contributed by atoms with Gasteiger partial charge in [0.1, 0.15) is 5.75 Å². The maximum atomic E-state index is 12.5. The first kappa shape index (κ1) is 20.3. The van der Waals surface area contributed by atoms with E-state index in [1.165, 1.54) is 16.4 Å². The molecule has 0 spiro atoms. The number of anilines is 1. The van der Waals surface area contributed by atoms with Crippen LogP contribution in [-0.4, -0.2) is 33.1 Å². The van der Waals surface area contributed by atoms with Crippen molar-refractivity contribution in [2.75, 3.05) is 18.3 Å². The van der Waals surface area contributed by atoms with Gasteiger partial charge in [-0.15, -0.1) is 10.2 Å². The van der Waals surface area contributed by atoms with Crippen LogP contribution in [0.4, 0.5) is 5.69 Å². The minimum absolute atomic E-state index is 0.268. The summed E-state index contributed by atoms with van der Waals surface area (Å²) in [5.41, 5.74) is 1.14. The fourth-order valence-electron chi connectivity index (χ4n) is 2.41. The topological polar surface area (TPSA) is 95.1 Å². The van der Waals surface area contributed by atoms with E-state index >= 15 is 0 Å². The van der Waals surface area contributed by atoms with Gasteiger partial charge in [0.05, 0.1) is 28.6 Å². The van der Waals surface area contributed by atoms with E-state index in [0.29, 0.717) is 38.0 Å². The second-order valence-electron chi connectivity index (χ2n) is 5.75. The molecule has 3 aromatic rings. The Kier molecular flexibility index (Phi) is 6.33. The maximum Gasteiger partial charge on any atom is 0.237 e. The average molecular weight is 438 g/mol. The van der Waals surface area contributed by atoms with Gasteiger partial charge in [0, 0.05) is 5.02 Å². The van der Waals surface area contributed by atoms with Crippen LogP contribution in [0.5, 0.6) is 5.75 Å². The van der Waals surface area contributed by atoms with Gasteiger partial charge in [0.2, 0.25) is 11.1 Å². The number of methoxy groups -OCH3 is 1. The zero-order valence-electron chi connectivity index (χ0n) is 15.0. The number of hydrogen-bond acceptors (Lipinski definition) is 6. The number of ether oxygens (including phenoxy) is 1. The van der Waals surface area contributed by atoms with Crippen molar-refractivity contribution in [3.05, 3.63) is 52.5 Å². The molecule has 0 aliphatic carbocycles. The Bertz CT molecular complexity index is 1010. The van der Waals surface area contributed by atoms with E-state index in [1.807, 2.05) is 24.3 Å². The third-order valence-electron chi connectivity index (χ3n) is 3.85. The van der Waals surface area contributed by atoms with E-state index in [-0.39, 0.29) is 5.91 Å². The minimum atomic E-state index is -0.507. The van der Waals surface area contributed by atoms with Crippen molar-refractivity contribution in [3.63, 3.8) is 0 Å². The normalized spacial score (nSPS) is 11.9. The lowest BCUT2D eigenvalue weighted by atomic mass is 10.2. The number of nitrogens with zero attached hydrogens (tertiary/aromatic N) is 3. The summed E-state index contributed by atoms with van der Waals surface area (Å²) in [6, 6.07) is 12.2. The Labute approximate surface area is 176 Å². The molecule has 1 aromatic heterocycles. The molecule has 0 fully saturated rings. The van der Waals surface area contributed by atoms with E-state index in [4.69, 9.17) is 33.8 Å². The molecule has 28 heavy (non-hydrogen) atoms. The van der Waals surface area contributed by atoms with Gasteiger partial charge in [0.25, 0.3) is 0 Å². The number of carbonyl (C=O) groups is 1. The zero-order chi connectivity index (χ0) is 20.3. The highest BCUT2D eigenvalue weighted by Crippen LogP contribution is 2.31. The lowest BCUT2D eigenvalue weighted by Crippen LogP contribution is -2.23. The Morgan fingerprint density at radius 2 is 2.00 bits per heavy atom. The van der Waals surface area contributed by atoms with Gasteiger partial charge < -0.3 is 15.9 Å². The van der Waals surface area contributed by atoms with Crippen molar-refractivity contribution in [2.45, 2.75) is 17.3 Å². The number of amides is 1. The van der Waals surface area contributed by atoms with Gasteiger partial charge in [-0.25, -0.2) is 4.68 Å². The van der Waals surface area contributed by atoms with E-state index < -0.39 is 5.25 Å². The maximum absolute atomic E-state index is 12.5. The number of halogens is 2. The Balaban J connectivity index is 1.76. The third kappa shape index (κ3) is 4.35. The second-order valence-corrected chi connectivity index (χ2v) is 7.90. The van der Waals surface area contributed by atoms with Gasteiger partial charge in [-0.3, -0.25) is 4.79 Å². The quantitative estimate of drug-likeness (QED) is 0.445. The smallest absolute Gasteiger partial charge is 0.237 e. The van der Waals surface area contributed by atoms with Crippen LogP contribution in [-0.2, 0) is 4.79 Å². The highest BCUT2D eigenvalue weighted by molar-refractivity contribution is 8.00. The third-order valence-corrected chi connectivity index (χ3v) is 5.47. The molecule has 3 N–H and O–H groups in total. The van der Waals surface area contributed by atoms with Crippen LogP contribution in [0.2, 0.25) is 10.0 Å². The summed E-state index contributed by atoms with van der Waals surface area (Å²) in [7, 11) is 1.57. The molecule has 0 aliphatic heterocycles. The van der Waals surface area contributed by atoms with Crippen LogP contribution in [0.15, 0.2) is 47.6 Å². The first-order valence-corrected chi connectivity index (χ1v) is 9.80. The van der Waals surface area contributed by atoms with Gasteiger partial charge >= 0.3 is 0 Å². The van der Waals surface area contributed by atoms with Crippen LogP contribution in [0.1, 0.15) is 6.92 Å². The molecule has 7 nitrogen and oxygen atoms in total. The number of aromatic nitrogens is 3. The highest BCUT2D eigenvalue weighted by atomic mass is 35.5. The fraction of sp³-hybridized carbons (Fsp3) is 0.167. The summed E-state index contributed by atoms with van der Waals surface area (Å²) in [5, 5.41) is 11.7. The van der Waals surface area contributed by atoms with Gasteiger partial charge in [-0.2, -0.15) is 0 Å². The molecule has 146 valence electrons. The average Bonchev–Trinajstić information content (AvgIpc) is 3.04. The van der Waals surface area contributed by atoms with Crippen LogP contribution in [0.3, 0.4) is 0 Å². The van der Waals surface area contributed by atoms with E-state index in [9.17, 15) is 4.79 Å². The monoisotopic (exact) mass is 437 g/mol. The van der Waals surface area contributed by atoms with Crippen LogP contribution in [0.25, 0.3) is 11.4 Å². The Morgan fingerprint density at radius 3 is 2.75 bits per heavy atom. The van der Waals surface area contributed by atoms with Gasteiger partial charge in [-0.05, 0) is 37.3 Å². The largest absolute Gasteiger partial charge is 0.496 e. The number of hydrogen-bond donors (Lipinski definition) is 2. The summed E-state index contributed by atoms with van der Waals surface area (Å²) in [5.74, 6) is 6.94. The highest BCUT2D eigenvalue weighted by Gasteiger charge is 2.21. The molecular formula is C18H17Cl2N5O2S. The summed E-state index contributed by atoms with van der Waals surface area (Å²) in [6.45, 7) is 1.73. The zero-order valence-corrected chi connectivity index (χ0v) is 17.3. The number of nitrogens with one attached hydrogen (secondary N) is 1. The standard InChI is InChI=1S/C18H17Cl2N5O2S/c1-10(17(26)22-14-9-11(19)7-8-13(14)20)28-18-24-23-16(25(18)21)12-5-3-4-6-15(12)27-2/h3-10H,21H2,1-2H3,(H,22,26). The molecule has 1 unspecified atom stereocenters. The number of thioether (sulfide) groups is 1. The number of nitrogen functional groups attached to an aromatic ring is 1.